The van der Waals surface area contributed by atoms with Crippen LogP contribution in [0.5, 0.6) is 0 Å². The molecule has 0 bridgehead atoms. The lowest BCUT2D eigenvalue weighted by Gasteiger charge is -2.17. The fraction of sp³-hybridized carbons (Fsp3) is 0.714. The molecule has 5 nitrogen and oxygen atoms in total. The van der Waals surface area contributed by atoms with Crippen LogP contribution in [0.15, 0.2) is 0 Å². The van der Waals surface area contributed by atoms with Gasteiger partial charge in [-0.15, -0.1) is 0 Å². The van der Waals surface area contributed by atoms with Crippen molar-refractivity contribution >= 4 is 11.6 Å². The van der Waals surface area contributed by atoms with E-state index < -0.39 is 0 Å². The van der Waals surface area contributed by atoms with Gasteiger partial charge in [0.2, 0.25) is 0 Å². The fourth-order valence-electron chi connectivity index (χ4n) is 2.40. The minimum atomic E-state index is -0.0903. The Morgan fingerprint density at radius 3 is 2.74 bits per heavy atom. The molecular weight excluding hydrogens is 240 g/mol. The van der Waals surface area contributed by atoms with Gasteiger partial charge >= 0.3 is 0 Å². The first-order valence-electron chi connectivity index (χ1n) is 7.20. The van der Waals surface area contributed by atoms with Crippen LogP contribution in [-0.4, -0.2) is 21.7 Å². The van der Waals surface area contributed by atoms with E-state index in [0.29, 0.717) is 17.9 Å². The number of carbonyl (C=O) groups excluding carboxylic acids is 1. The van der Waals surface area contributed by atoms with E-state index >= 15 is 0 Å². The number of nitrogens with two attached hydrogens (primary N) is 1. The molecule has 0 aromatic carbocycles. The van der Waals surface area contributed by atoms with Gasteiger partial charge in [-0.1, -0.05) is 19.8 Å². The first-order valence-corrected chi connectivity index (χ1v) is 7.20. The van der Waals surface area contributed by atoms with Crippen molar-refractivity contribution in [1.82, 2.24) is 15.1 Å². The molecule has 1 heterocycles. The molecule has 0 saturated heterocycles. The topological polar surface area (TPSA) is 72.9 Å². The van der Waals surface area contributed by atoms with Crippen molar-refractivity contribution in [2.24, 2.45) is 5.92 Å². The summed E-state index contributed by atoms with van der Waals surface area (Å²) in [7, 11) is 0. The zero-order valence-corrected chi connectivity index (χ0v) is 12.1. The van der Waals surface area contributed by atoms with Crippen LogP contribution in [0.4, 0.5) is 5.69 Å². The molecule has 1 aliphatic carbocycles. The SMILES string of the molecule is CCC(CC1CC1)NC(=O)c1c(N)c(C)nn1CC. The van der Waals surface area contributed by atoms with Crippen LogP contribution >= 0.6 is 0 Å². The second-order valence-electron chi connectivity index (χ2n) is 5.42. The molecule has 5 heteroatoms. The van der Waals surface area contributed by atoms with Crippen LogP contribution in [0.2, 0.25) is 0 Å². The van der Waals surface area contributed by atoms with Crippen molar-refractivity contribution < 1.29 is 4.79 Å². The van der Waals surface area contributed by atoms with Crippen LogP contribution in [0.25, 0.3) is 0 Å². The van der Waals surface area contributed by atoms with E-state index in [2.05, 4.69) is 17.3 Å². The normalized spacial score (nSPS) is 16.4. The Morgan fingerprint density at radius 2 is 2.21 bits per heavy atom. The minimum Gasteiger partial charge on any atom is -0.395 e. The summed E-state index contributed by atoms with van der Waals surface area (Å²) in [5.74, 6) is 0.716. The van der Waals surface area contributed by atoms with E-state index in [1.165, 1.54) is 12.8 Å². The first-order chi connectivity index (χ1) is 9.06. The van der Waals surface area contributed by atoms with Crippen molar-refractivity contribution in [1.29, 1.82) is 0 Å². The van der Waals surface area contributed by atoms with Crippen LogP contribution in [0.3, 0.4) is 0 Å². The highest BCUT2D eigenvalue weighted by Gasteiger charge is 2.27. The van der Waals surface area contributed by atoms with Crippen LogP contribution in [0.1, 0.15) is 55.7 Å². The van der Waals surface area contributed by atoms with Gasteiger partial charge in [0.15, 0.2) is 0 Å². The van der Waals surface area contributed by atoms with Crippen molar-refractivity contribution in [3.63, 3.8) is 0 Å². The zero-order chi connectivity index (χ0) is 14.0. The predicted molar refractivity (Wildman–Crippen MR) is 75.9 cm³/mol. The fourth-order valence-corrected chi connectivity index (χ4v) is 2.40. The van der Waals surface area contributed by atoms with Gasteiger partial charge in [0.25, 0.3) is 5.91 Å². The van der Waals surface area contributed by atoms with E-state index in [1.807, 2.05) is 13.8 Å². The molecule has 1 saturated carbocycles. The summed E-state index contributed by atoms with van der Waals surface area (Å²) in [6, 6.07) is 0.250. The molecule has 1 unspecified atom stereocenters. The number of aromatic nitrogens is 2. The lowest BCUT2D eigenvalue weighted by molar-refractivity contribution is 0.0923. The maximum absolute atomic E-state index is 12.4. The molecule has 1 atom stereocenters. The van der Waals surface area contributed by atoms with Gasteiger partial charge in [0.05, 0.1) is 11.4 Å². The number of nitrogens with zero attached hydrogens (tertiary/aromatic N) is 2. The minimum absolute atomic E-state index is 0.0903. The zero-order valence-electron chi connectivity index (χ0n) is 12.1. The van der Waals surface area contributed by atoms with Gasteiger partial charge in [0.1, 0.15) is 5.69 Å². The largest absolute Gasteiger partial charge is 0.395 e. The van der Waals surface area contributed by atoms with Crippen molar-refractivity contribution in [3.8, 4) is 0 Å². The number of nitrogens with one attached hydrogen (secondary N) is 1. The molecule has 19 heavy (non-hydrogen) atoms. The summed E-state index contributed by atoms with van der Waals surface area (Å²) < 4.78 is 1.68. The Morgan fingerprint density at radius 1 is 1.53 bits per heavy atom. The molecular formula is C14H24N4O. The second-order valence-corrected chi connectivity index (χ2v) is 5.42. The van der Waals surface area contributed by atoms with E-state index in [9.17, 15) is 4.79 Å². The van der Waals surface area contributed by atoms with Crippen LogP contribution < -0.4 is 11.1 Å². The van der Waals surface area contributed by atoms with E-state index in [0.717, 1.165) is 24.5 Å². The second kappa shape index (κ2) is 5.63. The van der Waals surface area contributed by atoms with Crippen LogP contribution in [-0.2, 0) is 6.54 Å². The molecule has 1 aromatic rings. The third kappa shape index (κ3) is 3.08. The standard InChI is InChI=1S/C14H24N4O/c1-4-11(8-10-6-7-10)16-14(19)13-12(15)9(3)17-18(13)5-2/h10-11H,4-8,15H2,1-3H3,(H,16,19). The maximum atomic E-state index is 12.4. The number of rotatable bonds is 6. The third-order valence-electron chi connectivity index (χ3n) is 3.83. The Kier molecular flexibility index (Phi) is 4.12. The number of anilines is 1. The monoisotopic (exact) mass is 264 g/mol. The molecule has 3 N–H and O–H groups in total. The Hall–Kier alpha value is -1.52. The number of carbonyl (C=O) groups is 1. The molecule has 1 aromatic heterocycles. The molecule has 0 aliphatic heterocycles. The molecule has 106 valence electrons. The predicted octanol–water partition coefficient (Wildman–Crippen LogP) is 2.10. The number of nitrogen functional groups attached to an aromatic ring is 1. The highest BCUT2D eigenvalue weighted by Crippen LogP contribution is 2.34. The maximum Gasteiger partial charge on any atom is 0.271 e. The molecule has 1 amide bonds. The summed E-state index contributed by atoms with van der Waals surface area (Å²) in [5, 5.41) is 7.39. The quantitative estimate of drug-likeness (QED) is 0.826. The van der Waals surface area contributed by atoms with Crippen LogP contribution in [0, 0.1) is 12.8 Å². The van der Waals surface area contributed by atoms with E-state index in [1.54, 1.807) is 4.68 Å². The molecule has 0 radical (unpaired) electrons. The van der Waals surface area contributed by atoms with Gasteiger partial charge in [-0.05, 0) is 32.6 Å². The number of amides is 1. The third-order valence-corrected chi connectivity index (χ3v) is 3.83. The van der Waals surface area contributed by atoms with E-state index in [-0.39, 0.29) is 11.9 Å². The summed E-state index contributed by atoms with van der Waals surface area (Å²) in [4.78, 5) is 12.4. The highest BCUT2D eigenvalue weighted by atomic mass is 16.2. The van der Waals surface area contributed by atoms with Gasteiger partial charge in [-0.3, -0.25) is 9.48 Å². The first kappa shape index (κ1) is 13.9. The average molecular weight is 264 g/mol. The van der Waals surface area contributed by atoms with Gasteiger partial charge in [0, 0.05) is 12.6 Å². The number of aryl methyl sites for hydroxylation is 2. The van der Waals surface area contributed by atoms with Gasteiger partial charge < -0.3 is 11.1 Å². The number of hydrogen-bond acceptors (Lipinski definition) is 3. The Bertz CT molecular complexity index is 462. The Balaban J connectivity index is 2.09. The smallest absolute Gasteiger partial charge is 0.271 e. The lowest BCUT2D eigenvalue weighted by atomic mass is 10.1. The Labute approximate surface area is 114 Å². The number of hydrogen-bond donors (Lipinski definition) is 2. The molecule has 1 aliphatic rings. The summed E-state index contributed by atoms with van der Waals surface area (Å²) in [5.41, 5.74) is 7.70. The van der Waals surface area contributed by atoms with Crippen molar-refractivity contribution in [2.45, 2.75) is 59.0 Å². The molecule has 0 spiro atoms. The van der Waals surface area contributed by atoms with Crippen molar-refractivity contribution in [3.05, 3.63) is 11.4 Å². The van der Waals surface area contributed by atoms with Gasteiger partial charge in [-0.25, -0.2) is 0 Å². The molecule has 1 fully saturated rings. The van der Waals surface area contributed by atoms with E-state index in [4.69, 9.17) is 5.73 Å². The highest BCUT2D eigenvalue weighted by molar-refractivity contribution is 5.98. The summed E-state index contributed by atoms with van der Waals surface area (Å²) in [6.07, 6.45) is 4.66. The van der Waals surface area contributed by atoms with Crippen molar-refractivity contribution in [2.75, 3.05) is 5.73 Å². The lowest BCUT2D eigenvalue weighted by Crippen LogP contribution is -2.36. The summed E-state index contributed by atoms with van der Waals surface area (Å²) in [6.45, 7) is 6.56. The van der Waals surface area contributed by atoms with Gasteiger partial charge in [-0.2, -0.15) is 5.10 Å². The molecule has 2 rings (SSSR count). The summed E-state index contributed by atoms with van der Waals surface area (Å²) >= 11 is 0. The average Bonchev–Trinajstić information content (AvgIpc) is 3.15.